The summed E-state index contributed by atoms with van der Waals surface area (Å²) in [5.41, 5.74) is 0.816. The standard InChI is InChI=1S/C20H28N4O3S/c1-15(13-24-10-4-3-5-11-24)12-21-18(25)14-28-20-23-22-19(27-20)16-6-8-17(26-2)9-7-16/h6-9,15H,3-5,10-14H2,1-2H3,(H,21,25). The van der Waals surface area contributed by atoms with Gasteiger partial charge in [-0.3, -0.25) is 4.79 Å². The predicted octanol–water partition coefficient (Wildman–Crippen LogP) is 3.08. The van der Waals surface area contributed by atoms with E-state index in [9.17, 15) is 4.79 Å². The molecule has 1 aromatic carbocycles. The quantitative estimate of drug-likeness (QED) is 0.643. The maximum absolute atomic E-state index is 12.1. The molecule has 0 aliphatic carbocycles. The van der Waals surface area contributed by atoms with E-state index in [1.165, 1.54) is 44.1 Å². The molecule has 0 radical (unpaired) electrons. The van der Waals surface area contributed by atoms with E-state index in [1.54, 1.807) is 7.11 Å². The third-order valence-electron chi connectivity index (χ3n) is 4.74. The van der Waals surface area contributed by atoms with Crippen LogP contribution in [0.4, 0.5) is 0 Å². The third kappa shape index (κ3) is 6.24. The summed E-state index contributed by atoms with van der Waals surface area (Å²) in [7, 11) is 1.62. The van der Waals surface area contributed by atoms with Crippen LogP contribution in [0.3, 0.4) is 0 Å². The van der Waals surface area contributed by atoms with Crippen LogP contribution in [0.15, 0.2) is 33.9 Å². The molecule has 152 valence electrons. The number of aromatic nitrogens is 2. The molecule has 7 nitrogen and oxygen atoms in total. The van der Waals surface area contributed by atoms with Gasteiger partial charge in [-0.2, -0.15) is 0 Å². The highest BCUT2D eigenvalue weighted by molar-refractivity contribution is 7.99. The van der Waals surface area contributed by atoms with Gasteiger partial charge in [-0.25, -0.2) is 0 Å². The van der Waals surface area contributed by atoms with Gasteiger partial charge >= 0.3 is 0 Å². The van der Waals surface area contributed by atoms with Gasteiger partial charge in [0.05, 0.1) is 12.9 Å². The number of thioether (sulfide) groups is 1. The highest BCUT2D eigenvalue weighted by atomic mass is 32.2. The van der Waals surface area contributed by atoms with Gasteiger partial charge in [-0.05, 0) is 56.1 Å². The van der Waals surface area contributed by atoms with Crippen molar-refractivity contribution in [1.29, 1.82) is 0 Å². The number of likely N-dealkylation sites (tertiary alicyclic amines) is 1. The Balaban J connectivity index is 1.39. The minimum Gasteiger partial charge on any atom is -0.497 e. The van der Waals surface area contributed by atoms with Gasteiger partial charge in [0.2, 0.25) is 11.8 Å². The van der Waals surface area contributed by atoms with E-state index in [1.807, 2.05) is 24.3 Å². The van der Waals surface area contributed by atoms with E-state index >= 15 is 0 Å². The van der Waals surface area contributed by atoms with Crippen LogP contribution in [0, 0.1) is 5.92 Å². The molecule has 0 saturated carbocycles. The second-order valence-corrected chi connectivity index (χ2v) is 8.09. The Morgan fingerprint density at radius 1 is 1.25 bits per heavy atom. The van der Waals surface area contributed by atoms with Crippen molar-refractivity contribution in [1.82, 2.24) is 20.4 Å². The van der Waals surface area contributed by atoms with E-state index in [0.717, 1.165) is 17.9 Å². The SMILES string of the molecule is COc1ccc(-c2nnc(SCC(=O)NCC(C)CN3CCCCC3)o2)cc1. The highest BCUT2D eigenvalue weighted by Gasteiger charge is 2.15. The van der Waals surface area contributed by atoms with Crippen LogP contribution in [0.25, 0.3) is 11.5 Å². The lowest BCUT2D eigenvalue weighted by molar-refractivity contribution is -0.118. The van der Waals surface area contributed by atoms with Crippen LogP contribution in [-0.2, 0) is 4.79 Å². The summed E-state index contributed by atoms with van der Waals surface area (Å²) in [6.07, 6.45) is 3.92. The molecule has 3 rings (SSSR count). The van der Waals surface area contributed by atoms with Crippen molar-refractivity contribution in [2.24, 2.45) is 5.92 Å². The number of rotatable bonds is 9. The molecule has 8 heteroatoms. The number of ether oxygens (including phenoxy) is 1. The molecule has 1 fully saturated rings. The second-order valence-electron chi connectivity index (χ2n) is 7.16. The van der Waals surface area contributed by atoms with Gasteiger partial charge in [-0.1, -0.05) is 25.1 Å². The molecule has 28 heavy (non-hydrogen) atoms. The summed E-state index contributed by atoms with van der Waals surface area (Å²) in [5.74, 6) is 1.89. The Morgan fingerprint density at radius 3 is 2.71 bits per heavy atom. The molecular weight excluding hydrogens is 376 g/mol. The largest absolute Gasteiger partial charge is 0.497 e. The van der Waals surface area contributed by atoms with E-state index < -0.39 is 0 Å². The molecule has 1 aliphatic heterocycles. The van der Waals surface area contributed by atoms with E-state index in [4.69, 9.17) is 9.15 Å². The van der Waals surface area contributed by atoms with E-state index in [0.29, 0.717) is 23.6 Å². The molecule has 2 aromatic rings. The van der Waals surface area contributed by atoms with E-state index in [-0.39, 0.29) is 11.7 Å². The van der Waals surface area contributed by atoms with Crippen molar-refractivity contribution in [3.05, 3.63) is 24.3 Å². The van der Waals surface area contributed by atoms with Crippen LogP contribution in [0.1, 0.15) is 26.2 Å². The fraction of sp³-hybridized carbons (Fsp3) is 0.550. The average Bonchev–Trinajstić information content (AvgIpc) is 3.20. The van der Waals surface area contributed by atoms with Crippen LogP contribution in [0.5, 0.6) is 5.75 Å². The number of methoxy groups -OCH3 is 1. The summed E-state index contributed by atoms with van der Waals surface area (Å²) in [4.78, 5) is 14.6. The molecule has 1 atom stereocenters. The maximum Gasteiger partial charge on any atom is 0.277 e. The first kappa shape index (κ1) is 20.7. The zero-order valence-corrected chi connectivity index (χ0v) is 17.3. The Bertz CT molecular complexity index is 744. The molecule has 1 aliphatic rings. The van der Waals surface area contributed by atoms with Gasteiger partial charge in [0.1, 0.15) is 5.75 Å². The third-order valence-corrected chi connectivity index (χ3v) is 5.55. The van der Waals surface area contributed by atoms with E-state index in [2.05, 4.69) is 27.3 Å². The summed E-state index contributed by atoms with van der Waals surface area (Å²) in [5, 5.41) is 11.4. The molecule has 2 heterocycles. The number of hydrogen-bond donors (Lipinski definition) is 1. The molecule has 1 unspecified atom stereocenters. The van der Waals surface area contributed by atoms with Crippen molar-refractivity contribution in [3.63, 3.8) is 0 Å². The van der Waals surface area contributed by atoms with Crippen molar-refractivity contribution in [3.8, 4) is 17.2 Å². The monoisotopic (exact) mass is 404 g/mol. The van der Waals surface area contributed by atoms with Crippen LogP contribution < -0.4 is 10.1 Å². The predicted molar refractivity (Wildman–Crippen MR) is 109 cm³/mol. The van der Waals surface area contributed by atoms with Crippen molar-refractivity contribution >= 4 is 17.7 Å². The smallest absolute Gasteiger partial charge is 0.277 e. The number of piperidine rings is 1. The molecular formula is C20H28N4O3S. The van der Waals surface area contributed by atoms with Gasteiger partial charge < -0.3 is 19.4 Å². The molecule has 1 saturated heterocycles. The lowest BCUT2D eigenvalue weighted by atomic mass is 10.1. The number of hydrogen-bond acceptors (Lipinski definition) is 7. The van der Waals surface area contributed by atoms with Gasteiger partial charge in [0.25, 0.3) is 5.22 Å². The summed E-state index contributed by atoms with van der Waals surface area (Å²) >= 11 is 1.25. The Morgan fingerprint density at radius 2 is 2.00 bits per heavy atom. The lowest BCUT2D eigenvalue weighted by Crippen LogP contribution is -2.38. The van der Waals surface area contributed by atoms with Crippen molar-refractivity contribution in [2.75, 3.05) is 39.0 Å². The fourth-order valence-electron chi connectivity index (χ4n) is 3.23. The van der Waals surface area contributed by atoms with Crippen molar-refractivity contribution < 1.29 is 13.9 Å². The lowest BCUT2D eigenvalue weighted by Gasteiger charge is -2.29. The van der Waals surface area contributed by atoms with Gasteiger partial charge in [0, 0.05) is 18.7 Å². The Labute approximate surface area is 170 Å². The molecule has 0 bridgehead atoms. The molecule has 0 spiro atoms. The first-order chi connectivity index (χ1) is 13.6. The maximum atomic E-state index is 12.1. The first-order valence-corrected chi connectivity index (χ1v) is 10.7. The first-order valence-electron chi connectivity index (χ1n) is 9.74. The molecule has 1 N–H and O–H groups in total. The van der Waals surface area contributed by atoms with Crippen molar-refractivity contribution in [2.45, 2.75) is 31.4 Å². The number of benzene rings is 1. The zero-order chi connectivity index (χ0) is 19.8. The minimum absolute atomic E-state index is 0.0142. The molecule has 1 aromatic heterocycles. The second kappa shape index (κ2) is 10.5. The van der Waals surface area contributed by atoms with Gasteiger partial charge in [-0.15, -0.1) is 10.2 Å². The summed E-state index contributed by atoms with van der Waals surface area (Å²) in [6.45, 7) is 6.28. The Kier molecular flexibility index (Phi) is 7.73. The van der Waals surface area contributed by atoms with Crippen LogP contribution in [-0.4, -0.2) is 60.0 Å². The summed E-state index contributed by atoms with van der Waals surface area (Å²) in [6, 6.07) is 7.39. The molecule has 1 amide bonds. The normalized spacial score (nSPS) is 15.9. The summed E-state index contributed by atoms with van der Waals surface area (Å²) < 4.78 is 10.8. The fourth-order valence-corrected chi connectivity index (χ4v) is 3.83. The number of nitrogens with zero attached hydrogens (tertiary/aromatic N) is 3. The highest BCUT2D eigenvalue weighted by Crippen LogP contribution is 2.24. The topological polar surface area (TPSA) is 80.5 Å². The van der Waals surface area contributed by atoms with Crippen LogP contribution in [0.2, 0.25) is 0 Å². The minimum atomic E-state index is -0.0142. The Hall–Kier alpha value is -2.06. The van der Waals surface area contributed by atoms with Gasteiger partial charge in [0.15, 0.2) is 0 Å². The average molecular weight is 405 g/mol. The number of nitrogens with one attached hydrogen (secondary N) is 1. The number of carbonyl (C=O) groups excluding carboxylic acids is 1. The number of carbonyl (C=O) groups is 1. The zero-order valence-electron chi connectivity index (χ0n) is 16.5. The number of amides is 1. The van der Waals surface area contributed by atoms with Crippen LogP contribution >= 0.6 is 11.8 Å².